The second-order valence-electron chi connectivity index (χ2n) is 4.61. The normalized spacial score (nSPS) is 12.8. The first-order chi connectivity index (χ1) is 9.16. The van der Waals surface area contributed by atoms with E-state index in [0.29, 0.717) is 0 Å². The largest absolute Gasteiger partial charge is 0.320 e. The van der Waals surface area contributed by atoms with E-state index in [1.54, 1.807) is 16.8 Å². The maximum atomic E-state index is 13.1. The van der Waals surface area contributed by atoms with Crippen LogP contribution in [0.5, 0.6) is 0 Å². The summed E-state index contributed by atoms with van der Waals surface area (Å²) >= 11 is 0. The molecule has 0 radical (unpaired) electrons. The smallest absolute Gasteiger partial charge is 0.123 e. The van der Waals surface area contributed by atoms with E-state index in [2.05, 4.69) is 5.10 Å². The Hall–Kier alpha value is -2.20. The molecule has 0 aliphatic carbocycles. The monoisotopic (exact) mass is 255 g/mol. The van der Waals surface area contributed by atoms with Gasteiger partial charge >= 0.3 is 0 Å². The Morgan fingerprint density at radius 3 is 2.84 bits per heavy atom. The van der Waals surface area contributed by atoms with Crippen molar-refractivity contribution in [3.8, 4) is 0 Å². The van der Waals surface area contributed by atoms with Crippen LogP contribution in [0, 0.1) is 12.7 Å². The fourth-order valence-corrected chi connectivity index (χ4v) is 2.35. The number of hydrogen-bond acceptors (Lipinski definition) is 2. The zero-order valence-electron chi connectivity index (χ0n) is 10.5. The minimum atomic E-state index is -0.305. The Kier molecular flexibility index (Phi) is 2.80. The van der Waals surface area contributed by atoms with Crippen LogP contribution in [0.15, 0.2) is 48.8 Å². The molecule has 0 saturated heterocycles. The molecule has 2 aromatic heterocycles. The van der Waals surface area contributed by atoms with Crippen LogP contribution in [0.25, 0.3) is 5.52 Å². The minimum Gasteiger partial charge on any atom is -0.320 e. The molecule has 4 heteroatoms. The summed E-state index contributed by atoms with van der Waals surface area (Å²) in [7, 11) is 0. The van der Waals surface area contributed by atoms with Gasteiger partial charge in [-0.25, -0.2) is 8.91 Å². The molecule has 3 aromatic rings. The number of aromatic nitrogens is 2. The van der Waals surface area contributed by atoms with Gasteiger partial charge in [-0.3, -0.25) is 0 Å². The Morgan fingerprint density at radius 1 is 1.21 bits per heavy atom. The van der Waals surface area contributed by atoms with Crippen molar-refractivity contribution in [2.24, 2.45) is 5.73 Å². The molecule has 2 heterocycles. The minimum absolute atomic E-state index is 0.242. The van der Waals surface area contributed by atoms with Gasteiger partial charge in [0.1, 0.15) is 5.82 Å². The van der Waals surface area contributed by atoms with E-state index in [1.807, 2.05) is 31.3 Å². The van der Waals surface area contributed by atoms with Gasteiger partial charge in [0.15, 0.2) is 0 Å². The molecule has 1 atom stereocenters. The van der Waals surface area contributed by atoms with Crippen molar-refractivity contribution in [3.05, 3.63) is 71.3 Å². The van der Waals surface area contributed by atoms with Gasteiger partial charge in [-0.05, 0) is 42.3 Å². The molecule has 0 aliphatic heterocycles. The molecular formula is C15H14FN3. The maximum Gasteiger partial charge on any atom is 0.123 e. The van der Waals surface area contributed by atoms with Crippen molar-refractivity contribution in [2.45, 2.75) is 13.0 Å². The summed E-state index contributed by atoms with van der Waals surface area (Å²) in [6, 6.07) is 10.2. The topological polar surface area (TPSA) is 43.3 Å². The summed E-state index contributed by atoms with van der Waals surface area (Å²) in [4.78, 5) is 0. The van der Waals surface area contributed by atoms with E-state index < -0.39 is 0 Å². The lowest BCUT2D eigenvalue weighted by molar-refractivity contribution is 0.625. The lowest BCUT2D eigenvalue weighted by atomic mass is 9.96. The van der Waals surface area contributed by atoms with E-state index in [0.717, 1.165) is 22.2 Å². The molecule has 0 bridgehead atoms. The summed E-state index contributed by atoms with van der Waals surface area (Å²) in [6.07, 6.45) is 3.64. The third-order valence-electron chi connectivity index (χ3n) is 3.36. The van der Waals surface area contributed by atoms with Crippen LogP contribution in [0.4, 0.5) is 4.39 Å². The SMILES string of the molecule is Cc1cc(F)ccc1C(N)c1cnn2ccccc12. The Morgan fingerprint density at radius 2 is 2.05 bits per heavy atom. The molecule has 96 valence electrons. The third kappa shape index (κ3) is 2.00. The second kappa shape index (κ2) is 4.48. The number of nitrogens with two attached hydrogens (primary N) is 1. The number of halogens is 1. The lowest BCUT2D eigenvalue weighted by Gasteiger charge is -2.14. The molecule has 19 heavy (non-hydrogen) atoms. The summed E-state index contributed by atoms with van der Waals surface area (Å²) in [5, 5.41) is 4.28. The highest BCUT2D eigenvalue weighted by Crippen LogP contribution is 2.26. The maximum absolute atomic E-state index is 13.1. The van der Waals surface area contributed by atoms with Gasteiger partial charge in [0, 0.05) is 11.8 Å². The van der Waals surface area contributed by atoms with Crippen LogP contribution in [-0.2, 0) is 0 Å². The standard InChI is InChI=1S/C15H14FN3/c1-10-8-11(16)5-6-12(10)15(17)13-9-18-19-7-3-2-4-14(13)19/h2-9,15H,17H2,1H3. The number of aryl methyl sites for hydroxylation is 1. The van der Waals surface area contributed by atoms with E-state index in [-0.39, 0.29) is 11.9 Å². The van der Waals surface area contributed by atoms with Gasteiger partial charge in [0.05, 0.1) is 17.8 Å². The number of fused-ring (bicyclic) bond motifs is 1. The van der Waals surface area contributed by atoms with E-state index in [1.165, 1.54) is 12.1 Å². The summed E-state index contributed by atoms with van der Waals surface area (Å²) in [5.41, 5.74) is 9.98. The predicted molar refractivity (Wildman–Crippen MR) is 72.4 cm³/mol. The van der Waals surface area contributed by atoms with Crippen LogP contribution >= 0.6 is 0 Å². The van der Waals surface area contributed by atoms with Gasteiger partial charge in [0.2, 0.25) is 0 Å². The van der Waals surface area contributed by atoms with Crippen molar-refractivity contribution < 1.29 is 4.39 Å². The number of benzene rings is 1. The quantitative estimate of drug-likeness (QED) is 0.765. The Bertz CT molecular complexity index is 733. The molecule has 2 N–H and O–H groups in total. The summed E-state index contributed by atoms with van der Waals surface area (Å²) in [5.74, 6) is -0.242. The van der Waals surface area contributed by atoms with Gasteiger partial charge in [-0.15, -0.1) is 0 Å². The first kappa shape index (κ1) is 11.9. The zero-order chi connectivity index (χ0) is 13.4. The molecule has 1 unspecified atom stereocenters. The zero-order valence-corrected chi connectivity index (χ0v) is 10.5. The molecule has 0 aliphatic rings. The summed E-state index contributed by atoms with van der Waals surface area (Å²) in [6.45, 7) is 1.87. The highest BCUT2D eigenvalue weighted by Gasteiger charge is 2.16. The van der Waals surface area contributed by atoms with Crippen molar-refractivity contribution in [1.29, 1.82) is 0 Å². The molecule has 0 amide bonds. The Balaban J connectivity index is 2.10. The lowest BCUT2D eigenvalue weighted by Crippen LogP contribution is -2.13. The predicted octanol–water partition coefficient (Wildman–Crippen LogP) is 2.83. The first-order valence-electron chi connectivity index (χ1n) is 6.11. The van der Waals surface area contributed by atoms with E-state index >= 15 is 0 Å². The van der Waals surface area contributed by atoms with E-state index in [9.17, 15) is 4.39 Å². The summed E-state index contributed by atoms with van der Waals surface area (Å²) < 4.78 is 14.9. The van der Waals surface area contributed by atoms with Crippen LogP contribution in [0.2, 0.25) is 0 Å². The molecule has 1 aromatic carbocycles. The van der Waals surface area contributed by atoms with Crippen molar-refractivity contribution in [2.75, 3.05) is 0 Å². The third-order valence-corrected chi connectivity index (χ3v) is 3.36. The molecule has 3 rings (SSSR count). The van der Waals surface area contributed by atoms with Gasteiger partial charge < -0.3 is 5.73 Å². The average Bonchev–Trinajstić information content (AvgIpc) is 2.82. The molecular weight excluding hydrogens is 241 g/mol. The highest BCUT2D eigenvalue weighted by molar-refractivity contribution is 5.57. The van der Waals surface area contributed by atoms with Crippen LogP contribution in [-0.4, -0.2) is 9.61 Å². The number of nitrogens with zero attached hydrogens (tertiary/aromatic N) is 2. The Labute approximate surface area is 110 Å². The highest BCUT2D eigenvalue weighted by atomic mass is 19.1. The molecule has 0 spiro atoms. The van der Waals surface area contributed by atoms with Gasteiger partial charge in [-0.2, -0.15) is 5.10 Å². The van der Waals surface area contributed by atoms with Crippen LogP contribution < -0.4 is 5.73 Å². The number of rotatable bonds is 2. The molecule has 3 nitrogen and oxygen atoms in total. The van der Waals surface area contributed by atoms with Crippen LogP contribution in [0.3, 0.4) is 0 Å². The number of pyridine rings is 1. The van der Waals surface area contributed by atoms with Crippen molar-refractivity contribution in [1.82, 2.24) is 9.61 Å². The fraction of sp³-hybridized carbons (Fsp3) is 0.133. The number of hydrogen-bond donors (Lipinski definition) is 1. The first-order valence-corrected chi connectivity index (χ1v) is 6.11. The average molecular weight is 255 g/mol. The van der Waals surface area contributed by atoms with Crippen LogP contribution in [0.1, 0.15) is 22.7 Å². The van der Waals surface area contributed by atoms with Crippen molar-refractivity contribution >= 4 is 5.52 Å². The fourth-order valence-electron chi connectivity index (χ4n) is 2.35. The van der Waals surface area contributed by atoms with Crippen molar-refractivity contribution in [3.63, 3.8) is 0 Å². The van der Waals surface area contributed by atoms with Gasteiger partial charge in [-0.1, -0.05) is 12.1 Å². The molecule has 0 saturated carbocycles. The molecule has 0 fully saturated rings. The van der Waals surface area contributed by atoms with Gasteiger partial charge in [0.25, 0.3) is 0 Å². The van der Waals surface area contributed by atoms with E-state index in [4.69, 9.17) is 5.73 Å². The second-order valence-corrected chi connectivity index (χ2v) is 4.61.